The molecule has 1 unspecified atom stereocenters. The summed E-state index contributed by atoms with van der Waals surface area (Å²) in [5.41, 5.74) is 3.44. The molecule has 108 valence electrons. The summed E-state index contributed by atoms with van der Waals surface area (Å²) in [5.74, 6) is 0.753. The van der Waals surface area contributed by atoms with E-state index in [-0.39, 0.29) is 5.38 Å². The van der Waals surface area contributed by atoms with Gasteiger partial charge in [-0.25, -0.2) is 9.97 Å². The molecule has 2 aromatic heterocycles. The van der Waals surface area contributed by atoms with Crippen LogP contribution in [0.1, 0.15) is 23.8 Å². The second-order valence-electron chi connectivity index (χ2n) is 4.82. The van der Waals surface area contributed by atoms with Gasteiger partial charge in [0, 0.05) is 10.2 Å². The molecule has 3 nitrogen and oxygen atoms in total. The standard InChI is InChI=1S/C15H12BrCl2N3/c1-8-3-6-13-15(19-8)21(14(20-13)9(2)17)10-4-5-11(16)12(18)7-10/h3-7,9H,1-2H3. The SMILES string of the molecule is Cc1ccc2nc(C(C)Cl)n(-c3ccc(Br)c(Cl)c3)c2n1. The van der Waals surface area contributed by atoms with Crippen LogP contribution in [-0.4, -0.2) is 14.5 Å². The number of aromatic nitrogens is 3. The van der Waals surface area contributed by atoms with Crippen LogP contribution in [0.5, 0.6) is 0 Å². The number of hydrogen-bond acceptors (Lipinski definition) is 2. The van der Waals surface area contributed by atoms with E-state index in [2.05, 4.69) is 25.9 Å². The molecule has 0 fully saturated rings. The third-order valence-corrected chi connectivity index (χ3v) is 4.61. The first-order valence-electron chi connectivity index (χ1n) is 6.43. The van der Waals surface area contributed by atoms with Crippen molar-refractivity contribution < 1.29 is 0 Å². The number of pyridine rings is 1. The Kier molecular flexibility index (Phi) is 3.95. The number of nitrogens with zero attached hydrogens (tertiary/aromatic N) is 3. The largest absolute Gasteiger partial charge is 0.279 e. The molecule has 1 aromatic carbocycles. The van der Waals surface area contributed by atoms with Gasteiger partial charge in [0.25, 0.3) is 0 Å². The highest BCUT2D eigenvalue weighted by atomic mass is 79.9. The number of rotatable bonds is 2. The van der Waals surface area contributed by atoms with Crippen molar-refractivity contribution in [3.63, 3.8) is 0 Å². The highest BCUT2D eigenvalue weighted by Gasteiger charge is 2.18. The van der Waals surface area contributed by atoms with Crippen molar-refractivity contribution in [1.29, 1.82) is 0 Å². The van der Waals surface area contributed by atoms with Gasteiger partial charge in [0.1, 0.15) is 11.3 Å². The summed E-state index contributed by atoms with van der Waals surface area (Å²) in [6.45, 7) is 3.85. The number of halogens is 3. The fraction of sp³-hybridized carbons (Fsp3) is 0.200. The summed E-state index contributed by atoms with van der Waals surface area (Å²) >= 11 is 15.9. The molecule has 3 aromatic rings. The van der Waals surface area contributed by atoms with Gasteiger partial charge >= 0.3 is 0 Å². The van der Waals surface area contributed by atoms with E-state index in [1.165, 1.54) is 0 Å². The van der Waals surface area contributed by atoms with Crippen LogP contribution in [0.15, 0.2) is 34.8 Å². The molecule has 0 aliphatic rings. The quantitative estimate of drug-likeness (QED) is 0.550. The first kappa shape index (κ1) is 14.8. The number of benzene rings is 1. The summed E-state index contributed by atoms with van der Waals surface area (Å²) in [6.07, 6.45) is 0. The minimum atomic E-state index is -0.234. The molecular weight excluding hydrogens is 373 g/mol. The monoisotopic (exact) mass is 383 g/mol. The van der Waals surface area contributed by atoms with Crippen LogP contribution >= 0.6 is 39.1 Å². The molecule has 0 aliphatic heterocycles. The molecule has 0 N–H and O–H groups in total. The predicted molar refractivity (Wildman–Crippen MR) is 90.6 cm³/mol. The van der Waals surface area contributed by atoms with E-state index in [1.54, 1.807) is 0 Å². The van der Waals surface area contributed by atoms with Crippen LogP contribution in [0.3, 0.4) is 0 Å². The Bertz CT molecular complexity index is 827. The fourth-order valence-corrected chi connectivity index (χ4v) is 2.78. The smallest absolute Gasteiger partial charge is 0.164 e. The summed E-state index contributed by atoms with van der Waals surface area (Å²) < 4.78 is 2.81. The summed E-state index contributed by atoms with van der Waals surface area (Å²) in [5, 5.41) is 0.400. The van der Waals surface area contributed by atoms with Gasteiger partial charge in [0.2, 0.25) is 0 Å². The van der Waals surface area contributed by atoms with Gasteiger partial charge in [0.05, 0.1) is 16.1 Å². The van der Waals surface area contributed by atoms with E-state index >= 15 is 0 Å². The fourth-order valence-electron chi connectivity index (χ4n) is 2.21. The maximum Gasteiger partial charge on any atom is 0.164 e. The van der Waals surface area contributed by atoms with Crippen LogP contribution in [-0.2, 0) is 0 Å². The van der Waals surface area contributed by atoms with Gasteiger partial charge in [-0.15, -0.1) is 11.6 Å². The van der Waals surface area contributed by atoms with Gasteiger partial charge in [-0.2, -0.15) is 0 Å². The molecule has 0 aliphatic carbocycles. The van der Waals surface area contributed by atoms with Gasteiger partial charge in [0.15, 0.2) is 5.65 Å². The Morgan fingerprint density at radius 2 is 1.95 bits per heavy atom. The second kappa shape index (κ2) is 5.59. The maximum atomic E-state index is 6.29. The lowest BCUT2D eigenvalue weighted by molar-refractivity contribution is 0.876. The molecule has 21 heavy (non-hydrogen) atoms. The minimum Gasteiger partial charge on any atom is -0.279 e. The predicted octanol–water partition coefficient (Wildman–Crippen LogP) is 5.44. The third-order valence-electron chi connectivity index (χ3n) is 3.19. The average molecular weight is 385 g/mol. The number of aryl methyl sites for hydroxylation is 1. The molecule has 0 amide bonds. The highest BCUT2D eigenvalue weighted by Crippen LogP contribution is 2.30. The zero-order valence-electron chi connectivity index (χ0n) is 11.4. The lowest BCUT2D eigenvalue weighted by atomic mass is 10.3. The molecule has 0 saturated carbocycles. The minimum absolute atomic E-state index is 0.234. The molecule has 0 bridgehead atoms. The van der Waals surface area contributed by atoms with Crippen LogP contribution in [0.4, 0.5) is 0 Å². The first-order valence-corrected chi connectivity index (χ1v) is 8.03. The van der Waals surface area contributed by atoms with Crippen molar-refractivity contribution in [3.05, 3.63) is 51.3 Å². The van der Waals surface area contributed by atoms with Crippen LogP contribution in [0.2, 0.25) is 5.02 Å². The zero-order valence-corrected chi connectivity index (χ0v) is 14.5. The maximum absolute atomic E-state index is 6.29. The van der Waals surface area contributed by atoms with E-state index < -0.39 is 0 Å². The number of alkyl halides is 1. The van der Waals surface area contributed by atoms with Crippen molar-refractivity contribution in [2.75, 3.05) is 0 Å². The molecule has 1 atom stereocenters. The van der Waals surface area contributed by atoms with Gasteiger partial charge in [-0.1, -0.05) is 11.6 Å². The van der Waals surface area contributed by atoms with Crippen molar-refractivity contribution in [2.45, 2.75) is 19.2 Å². The molecule has 0 radical (unpaired) electrons. The van der Waals surface area contributed by atoms with Crippen LogP contribution < -0.4 is 0 Å². The Labute approximate surface area is 141 Å². The van der Waals surface area contributed by atoms with Crippen molar-refractivity contribution in [3.8, 4) is 5.69 Å². The Balaban J connectivity index is 2.35. The van der Waals surface area contributed by atoms with Crippen molar-refractivity contribution in [1.82, 2.24) is 14.5 Å². The Morgan fingerprint density at radius 3 is 2.62 bits per heavy atom. The van der Waals surface area contributed by atoms with Crippen molar-refractivity contribution >= 4 is 50.3 Å². The normalized spacial score (nSPS) is 12.8. The van der Waals surface area contributed by atoms with Gasteiger partial charge in [-0.3, -0.25) is 4.57 Å². The zero-order chi connectivity index (χ0) is 15.1. The van der Waals surface area contributed by atoms with E-state index in [0.29, 0.717) is 5.02 Å². The molecule has 0 spiro atoms. The van der Waals surface area contributed by atoms with Crippen LogP contribution in [0.25, 0.3) is 16.9 Å². The topological polar surface area (TPSA) is 30.7 Å². The first-order chi connectivity index (χ1) is 9.97. The lowest BCUT2D eigenvalue weighted by Crippen LogP contribution is -2.03. The average Bonchev–Trinajstić information content (AvgIpc) is 2.80. The van der Waals surface area contributed by atoms with E-state index in [4.69, 9.17) is 23.2 Å². The molecule has 3 rings (SSSR count). The second-order valence-corrected chi connectivity index (χ2v) is 6.73. The van der Waals surface area contributed by atoms with E-state index in [9.17, 15) is 0 Å². The molecule has 2 heterocycles. The van der Waals surface area contributed by atoms with Gasteiger partial charge < -0.3 is 0 Å². The lowest BCUT2D eigenvalue weighted by Gasteiger charge is -2.11. The molecular formula is C15H12BrCl2N3. The summed E-state index contributed by atoms with van der Waals surface area (Å²) in [4.78, 5) is 9.19. The third kappa shape index (κ3) is 2.68. The Hall–Kier alpha value is -1.10. The van der Waals surface area contributed by atoms with Crippen LogP contribution in [0, 0.1) is 6.92 Å². The number of fused-ring (bicyclic) bond motifs is 1. The molecule has 0 saturated heterocycles. The number of hydrogen-bond donors (Lipinski definition) is 0. The van der Waals surface area contributed by atoms with Crippen molar-refractivity contribution in [2.24, 2.45) is 0 Å². The number of imidazole rings is 1. The van der Waals surface area contributed by atoms with E-state index in [1.807, 2.05) is 48.7 Å². The summed E-state index contributed by atoms with van der Waals surface area (Å²) in [7, 11) is 0. The van der Waals surface area contributed by atoms with E-state index in [0.717, 1.165) is 32.8 Å². The van der Waals surface area contributed by atoms with Gasteiger partial charge in [-0.05, 0) is 60.1 Å². The highest BCUT2D eigenvalue weighted by molar-refractivity contribution is 9.10. The molecule has 6 heteroatoms. The Morgan fingerprint density at radius 1 is 1.19 bits per heavy atom. The summed E-state index contributed by atoms with van der Waals surface area (Å²) in [6, 6.07) is 9.64.